The van der Waals surface area contributed by atoms with Crippen LogP contribution in [0.5, 0.6) is 17.2 Å². The summed E-state index contributed by atoms with van der Waals surface area (Å²) < 4.78 is 29.7. The lowest BCUT2D eigenvalue weighted by Gasteiger charge is -2.20. The molecule has 2 aliphatic heterocycles. The maximum atomic E-state index is 13.5. The standard InChI is InChI=1S/C21H18ClFN2O6/c1-28-16-7-5-12(18(29-2)19(16)30-3)15-9-21(31-24-15)10-17(26)25(20(21)27)11-4-6-14(23)13(22)8-11/h4-8H,9-10H2,1-3H3. The van der Waals surface area contributed by atoms with Gasteiger partial charge in [0.1, 0.15) is 5.82 Å². The number of imide groups is 1. The molecule has 0 aliphatic carbocycles. The van der Waals surface area contributed by atoms with Crippen LogP contribution in [0.2, 0.25) is 5.02 Å². The van der Waals surface area contributed by atoms with Crippen molar-refractivity contribution in [2.24, 2.45) is 5.16 Å². The number of nitrogens with zero attached hydrogens (tertiary/aromatic N) is 2. The highest BCUT2D eigenvalue weighted by atomic mass is 35.5. The first-order chi connectivity index (χ1) is 14.8. The van der Waals surface area contributed by atoms with Crippen molar-refractivity contribution in [2.75, 3.05) is 26.2 Å². The maximum absolute atomic E-state index is 13.5. The average molecular weight is 449 g/mol. The summed E-state index contributed by atoms with van der Waals surface area (Å²) >= 11 is 5.81. The summed E-state index contributed by atoms with van der Waals surface area (Å²) in [5.41, 5.74) is -0.372. The van der Waals surface area contributed by atoms with Gasteiger partial charge in [-0.2, -0.15) is 0 Å². The van der Waals surface area contributed by atoms with Gasteiger partial charge >= 0.3 is 0 Å². The molecule has 2 aliphatic rings. The highest BCUT2D eigenvalue weighted by Crippen LogP contribution is 2.44. The summed E-state index contributed by atoms with van der Waals surface area (Å²) in [6, 6.07) is 7.01. The quantitative estimate of drug-likeness (QED) is 0.652. The van der Waals surface area contributed by atoms with Crippen molar-refractivity contribution in [2.45, 2.75) is 18.4 Å². The molecule has 8 nitrogen and oxygen atoms in total. The number of hydrogen-bond acceptors (Lipinski definition) is 7. The van der Waals surface area contributed by atoms with Gasteiger partial charge in [-0.25, -0.2) is 9.29 Å². The van der Waals surface area contributed by atoms with Crippen molar-refractivity contribution < 1.29 is 33.0 Å². The Labute approximate surface area is 182 Å². The lowest BCUT2D eigenvalue weighted by Crippen LogP contribution is -2.40. The van der Waals surface area contributed by atoms with Crippen molar-refractivity contribution >= 4 is 34.8 Å². The number of amides is 2. The van der Waals surface area contributed by atoms with E-state index in [0.29, 0.717) is 28.5 Å². The zero-order chi connectivity index (χ0) is 22.3. The topological polar surface area (TPSA) is 86.7 Å². The second-order valence-electron chi connectivity index (χ2n) is 6.99. The minimum Gasteiger partial charge on any atom is -0.493 e. The smallest absolute Gasteiger partial charge is 0.281 e. The average Bonchev–Trinajstić information content (AvgIpc) is 3.29. The molecule has 10 heteroatoms. The van der Waals surface area contributed by atoms with E-state index in [9.17, 15) is 14.0 Å². The largest absolute Gasteiger partial charge is 0.493 e. The number of methoxy groups -OCH3 is 3. The van der Waals surface area contributed by atoms with E-state index in [1.165, 1.54) is 33.5 Å². The summed E-state index contributed by atoms with van der Waals surface area (Å²) in [7, 11) is 4.45. The molecular weight excluding hydrogens is 431 g/mol. The van der Waals surface area contributed by atoms with Crippen LogP contribution in [-0.4, -0.2) is 44.5 Å². The van der Waals surface area contributed by atoms with E-state index in [1.807, 2.05) is 0 Å². The zero-order valence-corrected chi connectivity index (χ0v) is 17.7. The number of oxime groups is 1. The fourth-order valence-electron chi connectivity index (χ4n) is 3.76. The minimum atomic E-state index is -1.49. The Hall–Kier alpha value is -3.33. The lowest BCUT2D eigenvalue weighted by atomic mass is 9.92. The second-order valence-corrected chi connectivity index (χ2v) is 7.40. The van der Waals surface area contributed by atoms with Crippen molar-refractivity contribution in [3.8, 4) is 17.2 Å². The summed E-state index contributed by atoms with van der Waals surface area (Å²) in [4.78, 5) is 32.3. The van der Waals surface area contributed by atoms with Gasteiger partial charge in [0, 0.05) is 12.0 Å². The van der Waals surface area contributed by atoms with Crippen LogP contribution in [-0.2, 0) is 14.4 Å². The first kappa shape index (κ1) is 20.9. The first-order valence-corrected chi connectivity index (χ1v) is 9.60. The third-order valence-electron chi connectivity index (χ3n) is 5.24. The molecule has 0 bridgehead atoms. The van der Waals surface area contributed by atoms with Crippen LogP contribution in [0.1, 0.15) is 18.4 Å². The van der Waals surface area contributed by atoms with Crippen LogP contribution in [0, 0.1) is 5.82 Å². The van der Waals surface area contributed by atoms with Crippen LogP contribution < -0.4 is 19.1 Å². The molecule has 0 saturated carbocycles. The van der Waals surface area contributed by atoms with Gasteiger partial charge in [-0.3, -0.25) is 9.59 Å². The monoisotopic (exact) mass is 448 g/mol. The fourth-order valence-corrected chi connectivity index (χ4v) is 3.94. The number of rotatable bonds is 5. The van der Waals surface area contributed by atoms with Crippen LogP contribution in [0.4, 0.5) is 10.1 Å². The molecule has 2 heterocycles. The Kier molecular flexibility index (Phi) is 5.22. The second kappa shape index (κ2) is 7.73. The molecular formula is C21H18ClFN2O6. The SMILES string of the molecule is COc1ccc(C2=NOC3(CC(=O)N(c4ccc(F)c(Cl)c4)C3=O)C2)c(OC)c1OC. The summed E-state index contributed by atoms with van der Waals surface area (Å²) in [6.07, 6.45) is -0.182. The molecule has 0 N–H and O–H groups in total. The molecule has 0 radical (unpaired) electrons. The number of anilines is 1. The van der Waals surface area contributed by atoms with Crippen LogP contribution >= 0.6 is 11.6 Å². The van der Waals surface area contributed by atoms with Gasteiger partial charge in [0.05, 0.1) is 44.2 Å². The molecule has 162 valence electrons. The molecule has 31 heavy (non-hydrogen) atoms. The van der Waals surface area contributed by atoms with E-state index in [1.54, 1.807) is 12.1 Å². The molecule has 2 amide bonds. The van der Waals surface area contributed by atoms with Gasteiger partial charge in [0.15, 0.2) is 11.5 Å². The number of ether oxygens (including phenoxy) is 3. The number of halogens is 2. The first-order valence-electron chi connectivity index (χ1n) is 9.22. The van der Waals surface area contributed by atoms with E-state index >= 15 is 0 Å². The summed E-state index contributed by atoms with van der Waals surface area (Å²) in [5.74, 6) is -0.559. The highest BCUT2D eigenvalue weighted by Gasteiger charge is 2.58. The summed E-state index contributed by atoms with van der Waals surface area (Å²) in [5, 5.41) is 3.88. The zero-order valence-electron chi connectivity index (χ0n) is 16.9. The minimum absolute atomic E-state index is 0.0366. The van der Waals surface area contributed by atoms with Crippen LogP contribution in [0.15, 0.2) is 35.5 Å². The van der Waals surface area contributed by atoms with Gasteiger partial charge in [-0.15, -0.1) is 0 Å². The molecule has 4 rings (SSSR count). The van der Waals surface area contributed by atoms with E-state index in [2.05, 4.69) is 5.16 Å². The number of carbonyl (C=O) groups excluding carboxylic acids is 2. The number of benzene rings is 2. The van der Waals surface area contributed by atoms with Crippen molar-refractivity contribution in [3.05, 3.63) is 46.7 Å². The highest BCUT2D eigenvalue weighted by molar-refractivity contribution is 6.32. The van der Waals surface area contributed by atoms with Gasteiger partial charge < -0.3 is 19.0 Å². The molecule has 1 atom stereocenters. The Morgan fingerprint density at radius 2 is 1.81 bits per heavy atom. The van der Waals surface area contributed by atoms with Crippen molar-refractivity contribution in [3.63, 3.8) is 0 Å². The maximum Gasteiger partial charge on any atom is 0.281 e. The third-order valence-corrected chi connectivity index (χ3v) is 5.53. The fraction of sp³-hybridized carbons (Fsp3) is 0.286. The molecule has 1 spiro atoms. The predicted octanol–water partition coefficient (Wildman–Crippen LogP) is 3.33. The van der Waals surface area contributed by atoms with Gasteiger partial charge in [0.25, 0.3) is 5.91 Å². The van der Waals surface area contributed by atoms with Crippen LogP contribution in [0.25, 0.3) is 0 Å². The van der Waals surface area contributed by atoms with Crippen molar-refractivity contribution in [1.29, 1.82) is 0 Å². The normalized spacial score (nSPS) is 20.2. The van der Waals surface area contributed by atoms with E-state index in [-0.39, 0.29) is 23.6 Å². The van der Waals surface area contributed by atoms with Gasteiger partial charge in [0.2, 0.25) is 17.3 Å². The molecule has 1 fully saturated rings. The van der Waals surface area contributed by atoms with Crippen molar-refractivity contribution in [1.82, 2.24) is 0 Å². The third kappa shape index (κ3) is 3.25. The molecule has 0 aromatic heterocycles. The number of carbonyl (C=O) groups is 2. The Morgan fingerprint density at radius 3 is 2.45 bits per heavy atom. The lowest BCUT2D eigenvalue weighted by molar-refractivity contribution is -0.136. The Bertz CT molecular complexity index is 1120. The Morgan fingerprint density at radius 1 is 1.06 bits per heavy atom. The van der Waals surface area contributed by atoms with E-state index < -0.39 is 23.2 Å². The molecule has 1 unspecified atom stereocenters. The molecule has 2 aromatic carbocycles. The molecule has 1 saturated heterocycles. The summed E-state index contributed by atoms with van der Waals surface area (Å²) in [6.45, 7) is 0. The van der Waals surface area contributed by atoms with Gasteiger partial charge in [-0.1, -0.05) is 16.8 Å². The molecule has 2 aromatic rings. The number of hydrogen-bond donors (Lipinski definition) is 0. The van der Waals surface area contributed by atoms with Crippen LogP contribution in [0.3, 0.4) is 0 Å². The van der Waals surface area contributed by atoms with E-state index in [4.69, 9.17) is 30.6 Å². The predicted molar refractivity (Wildman–Crippen MR) is 110 cm³/mol. The van der Waals surface area contributed by atoms with Gasteiger partial charge in [-0.05, 0) is 30.3 Å². The Balaban J connectivity index is 1.66. The van der Waals surface area contributed by atoms with E-state index in [0.717, 1.165) is 11.0 Å².